The lowest BCUT2D eigenvalue weighted by Gasteiger charge is -2.22. The van der Waals surface area contributed by atoms with E-state index in [2.05, 4.69) is 15.5 Å². The second-order valence-electron chi connectivity index (χ2n) is 4.89. The lowest BCUT2D eigenvalue weighted by molar-refractivity contribution is 0.195. The highest BCUT2D eigenvalue weighted by atomic mass is 16.5. The Morgan fingerprint density at radius 3 is 3.15 bits per heavy atom. The van der Waals surface area contributed by atoms with E-state index >= 15 is 0 Å². The summed E-state index contributed by atoms with van der Waals surface area (Å²) in [5.41, 5.74) is 1.52. The minimum absolute atomic E-state index is 0.0344. The molecule has 2 aromatic rings. The highest BCUT2D eigenvalue weighted by Crippen LogP contribution is 2.32. The quantitative estimate of drug-likeness (QED) is 0.912. The first-order valence-corrected chi connectivity index (χ1v) is 6.65. The first-order valence-electron chi connectivity index (χ1n) is 6.65. The number of anilines is 1. The molecule has 0 aliphatic carbocycles. The van der Waals surface area contributed by atoms with Crippen LogP contribution in [-0.4, -0.2) is 27.6 Å². The second kappa shape index (κ2) is 5.32. The van der Waals surface area contributed by atoms with E-state index in [1.165, 1.54) is 0 Å². The Bertz CT molecular complexity index is 596. The summed E-state index contributed by atoms with van der Waals surface area (Å²) in [6.07, 6.45) is 5.16. The molecule has 1 saturated heterocycles. The van der Waals surface area contributed by atoms with Crippen LogP contribution in [0.1, 0.15) is 30.3 Å². The van der Waals surface area contributed by atoms with Gasteiger partial charge < -0.3 is 14.7 Å². The number of nitrogens with one attached hydrogen (secondary N) is 1. The molecule has 1 aliphatic rings. The number of rotatable bonds is 2. The molecule has 3 heterocycles. The van der Waals surface area contributed by atoms with Gasteiger partial charge in [0.1, 0.15) is 0 Å². The van der Waals surface area contributed by atoms with Gasteiger partial charge in [0.15, 0.2) is 5.76 Å². The summed E-state index contributed by atoms with van der Waals surface area (Å²) in [5, 5.41) is 6.75. The van der Waals surface area contributed by atoms with E-state index in [1.807, 2.05) is 19.1 Å². The van der Waals surface area contributed by atoms with Gasteiger partial charge in [-0.05, 0) is 31.9 Å². The van der Waals surface area contributed by atoms with Gasteiger partial charge >= 0.3 is 6.03 Å². The van der Waals surface area contributed by atoms with Crippen LogP contribution in [-0.2, 0) is 0 Å². The van der Waals surface area contributed by atoms with Gasteiger partial charge in [0.05, 0.1) is 23.6 Å². The highest BCUT2D eigenvalue weighted by Gasteiger charge is 2.32. The molecule has 0 saturated carbocycles. The fourth-order valence-electron chi connectivity index (χ4n) is 2.48. The number of hydrogen-bond acceptors (Lipinski definition) is 4. The van der Waals surface area contributed by atoms with Crippen LogP contribution in [0.5, 0.6) is 0 Å². The van der Waals surface area contributed by atoms with Gasteiger partial charge in [-0.25, -0.2) is 4.79 Å². The fourth-order valence-corrected chi connectivity index (χ4v) is 2.48. The van der Waals surface area contributed by atoms with Gasteiger partial charge in [0, 0.05) is 18.8 Å². The molecule has 0 spiro atoms. The zero-order valence-corrected chi connectivity index (χ0v) is 11.2. The largest absolute Gasteiger partial charge is 0.359 e. The van der Waals surface area contributed by atoms with Crippen LogP contribution in [0.2, 0.25) is 0 Å². The Kier molecular flexibility index (Phi) is 3.37. The lowest BCUT2D eigenvalue weighted by Crippen LogP contribution is -2.34. The Balaban J connectivity index is 1.73. The summed E-state index contributed by atoms with van der Waals surface area (Å²) in [7, 11) is 0. The molecule has 0 bridgehead atoms. The molecular weight excluding hydrogens is 256 g/mol. The molecule has 1 fully saturated rings. The summed E-state index contributed by atoms with van der Waals surface area (Å²) in [6.45, 7) is 2.60. The topological polar surface area (TPSA) is 71.3 Å². The molecule has 6 nitrogen and oxygen atoms in total. The summed E-state index contributed by atoms with van der Waals surface area (Å²) in [5.74, 6) is 0.751. The summed E-state index contributed by atoms with van der Waals surface area (Å²) in [4.78, 5) is 18.1. The van der Waals surface area contributed by atoms with Crippen molar-refractivity contribution in [3.63, 3.8) is 0 Å². The van der Waals surface area contributed by atoms with E-state index in [1.54, 1.807) is 23.4 Å². The fraction of sp³-hybridized carbons (Fsp3) is 0.357. The van der Waals surface area contributed by atoms with Crippen LogP contribution >= 0.6 is 0 Å². The number of carbonyl (C=O) groups excluding carboxylic acids is 1. The van der Waals surface area contributed by atoms with E-state index in [0.717, 1.165) is 30.8 Å². The van der Waals surface area contributed by atoms with Crippen molar-refractivity contribution in [1.29, 1.82) is 0 Å². The third-order valence-corrected chi connectivity index (χ3v) is 3.40. The number of aromatic nitrogens is 2. The van der Waals surface area contributed by atoms with E-state index in [-0.39, 0.29) is 12.1 Å². The monoisotopic (exact) mass is 272 g/mol. The Labute approximate surface area is 116 Å². The molecule has 1 N–H and O–H groups in total. The molecule has 0 unspecified atom stereocenters. The zero-order valence-electron chi connectivity index (χ0n) is 11.2. The number of urea groups is 1. The Hall–Kier alpha value is -2.37. The summed E-state index contributed by atoms with van der Waals surface area (Å²) < 4.78 is 5.29. The van der Waals surface area contributed by atoms with Crippen molar-refractivity contribution in [1.82, 2.24) is 15.0 Å². The van der Waals surface area contributed by atoms with Gasteiger partial charge in [-0.15, -0.1) is 0 Å². The molecule has 20 heavy (non-hydrogen) atoms. The predicted molar refractivity (Wildman–Crippen MR) is 73.2 cm³/mol. The molecule has 0 radical (unpaired) electrons. The van der Waals surface area contributed by atoms with Crippen LogP contribution in [0.15, 0.2) is 35.1 Å². The van der Waals surface area contributed by atoms with E-state index in [4.69, 9.17) is 4.52 Å². The highest BCUT2D eigenvalue weighted by molar-refractivity contribution is 5.89. The first kappa shape index (κ1) is 12.7. The second-order valence-corrected chi connectivity index (χ2v) is 4.89. The maximum absolute atomic E-state index is 12.3. The van der Waals surface area contributed by atoms with Crippen LogP contribution in [0.3, 0.4) is 0 Å². The molecule has 104 valence electrons. The molecule has 0 aromatic carbocycles. The van der Waals surface area contributed by atoms with Crippen molar-refractivity contribution < 1.29 is 9.32 Å². The summed E-state index contributed by atoms with van der Waals surface area (Å²) >= 11 is 0. The lowest BCUT2D eigenvalue weighted by atomic mass is 10.1. The third-order valence-electron chi connectivity index (χ3n) is 3.40. The van der Waals surface area contributed by atoms with E-state index in [0.29, 0.717) is 5.69 Å². The SMILES string of the molecule is Cc1cc([C@H]2CCCN2C(=O)Nc2cccnc2)on1. The van der Waals surface area contributed by atoms with Gasteiger partial charge in [0.25, 0.3) is 0 Å². The number of likely N-dealkylation sites (tertiary alicyclic amines) is 1. The smallest absolute Gasteiger partial charge is 0.322 e. The molecule has 3 rings (SSSR count). The number of carbonyl (C=O) groups is 1. The van der Waals surface area contributed by atoms with Crippen molar-refractivity contribution in [2.24, 2.45) is 0 Å². The number of hydrogen-bond donors (Lipinski definition) is 1. The van der Waals surface area contributed by atoms with Crippen LogP contribution in [0, 0.1) is 6.92 Å². The van der Waals surface area contributed by atoms with Gasteiger partial charge in [-0.2, -0.15) is 0 Å². The van der Waals surface area contributed by atoms with Crippen molar-refractivity contribution in [2.75, 3.05) is 11.9 Å². The molecule has 1 atom stereocenters. The average Bonchev–Trinajstić information content (AvgIpc) is 3.08. The van der Waals surface area contributed by atoms with Crippen molar-refractivity contribution in [3.05, 3.63) is 42.0 Å². The normalized spacial score (nSPS) is 18.2. The van der Waals surface area contributed by atoms with E-state index < -0.39 is 0 Å². The van der Waals surface area contributed by atoms with Crippen molar-refractivity contribution >= 4 is 11.7 Å². The van der Waals surface area contributed by atoms with Crippen molar-refractivity contribution in [3.8, 4) is 0 Å². The van der Waals surface area contributed by atoms with Crippen molar-refractivity contribution in [2.45, 2.75) is 25.8 Å². The van der Waals surface area contributed by atoms with Gasteiger partial charge in [-0.1, -0.05) is 5.16 Å². The number of nitrogens with zero attached hydrogens (tertiary/aromatic N) is 3. The Morgan fingerprint density at radius 1 is 1.55 bits per heavy atom. The standard InChI is InChI=1S/C14H16N4O2/c1-10-8-13(20-17-10)12-5-3-7-18(12)14(19)16-11-4-2-6-15-9-11/h2,4,6,8-9,12H,3,5,7H2,1H3,(H,16,19)/t12-/m1/s1. The maximum Gasteiger partial charge on any atom is 0.322 e. The summed E-state index contributed by atoms with van der Waals surface area (Å²) in [6, 6.07) is 5.33. The molecule has 2 amide bonds. The maximum atomic E-state index is 12.3. The van der Waals surface area contributed by atoms with Crippen LogP contribution in [0.4, 0.5) is 10.5 Å². The molecule has 1 aliphatic heterocycles. The molecule has 2 aromatic heterocycles. The Morgan fingerprint density at radius 2 is 2.45 bits per heavy atom. The number of pyridine rings is 1. The third kappa shape index (κ3) is 2.49. The molecule has 6 heteroatoms. The average molecular weight is 272 g/mol. The number of aryl methyl sites for hydroxylation is 1. The van der Waals surface area contributed by atoms with Gasteiger partial charge in [-0.3, -0.25) is 4.98 Å². The van der Waals surface area contributed by atoms with Crippen LogP contribution in [0.25, 0.3) is 0 Å². The molecular formula is C14H16N4O2. The van der Waals surface area contributed by atoms with E-state index in [9.17, 15) is 4.79 Å². The zero-order chi connectivity index (χ0) is 13.9. The van der Waals surface area contributed by atoms with Crippen LogP contribution < -0.4 is 5.32 Å². The van der Waals surface area contributed by atoms with Gasteiger partial charge in [0.2, 0.25) is 0 Å². The minimum atomic E-state index is -0.130. The predicted octanol–water partition coefficient (Wildman–Crippen LogP) is 2.75. The first-order chi connectivity index (χ1) is 9.74. The number of amides is 2. The minimum Gasteiger partial charge on any atom is -0.359 e.